The van der Waals surface area contributed by atoms with Crippen molar-refractivity contribution in [1.82, 2.24) is 4.31 Å². The van der Waals surface area contributed by atoms with Crippen LogP contribution >= 0.6 is 0 Å². The van der Waals surface area contributed by atoms with Crippen LogP contribution in [0.15, 0.2) is 47.4 Å². The van der Waals surface area contributed by atoms with Crippen molar-refractivity contribution >= 4 is 21.6 Å². The third-order valence-corrected chi connectivity index (χ3v) is 6.83. The molecule has 1 atom stereocenters. The van der Waals surface area contributed by atoms with Crippen LogP contribution in [0.3, 0.4) is 0 Å². The van der Waals surface area contributed by atoms with Crippen molar-refractivity contribution in [2.24, 2.45) is 0 Å². The molecular weight excluding hydrogens is 348 g/mol. The molecule has 0 aliphatic carbocycles. The molecule has 1 heterocycles. The number of nitrogens with one attached hydrogen (secondary N) is 1. The Labute approximate surface area is 155 Å². The molecule has 1 unspecified atom stereocenters. The molecule has 0 radical (unpaired) electrons. The van der Waals surface area contributed by atoms with E-state index in [1.807, 2.05) is 39.0 Å². The van der Waals surface area contributed by atoms with Crippen molar-refractivity contribution in [3.8, 4) is 0 Å². The van der Waals surface area contributed by atoms with Crippen LogP contribution in [0, 0.1) is 20.8 Å². The Morgan fingerprint density at radius 3 is 2.38 bits per heavy atom. The number of hydrogen-bond acceptors (Lipinski definition) is 3. The molecule has 1 saturated heterocycles. The van der Waals surface area contributed by atoms with Crippen LogP contribution in [-0.4, -0.2) is 31.2 Å². The van der Waals surface area contributed by atoms with Gasteiger partial charge in [0.05, 0.1) is 4.90 Å². The maximum atomic E-state index is 13.0. The zero-order chi connectivity index (χ0) is 18.9. The molecule has 1 aliphatic rings. The lowest BCUT2D eigenvalue weighted by atomic mass is 10.1. The zero-order valence-corrected chi connectivity index (χ0v) is 16.1. The summed E-state index contributed by atoms with van der Waals surface area (Å²) in [4.78, 5) is 13.0. The van der Waals surface area contributed by atoms with Gasteiger partial charge in [-0.2, -0.15) is 4.31 Å². The second-order valence-corrected chi connectivity index (χ2v) is 8.77. The molecule has 26 heavy (non-hydrogen) atoms. The van der Waals surface area contributed by atoms with Gasteiger partial charge in [-0.25, -0.2) is 8.42 Å². The standard InChI is InChI=1S/C20H24N2O3S/c1-14-6-10-18(11-7-14)26(24,25)22-12-4-5-19(22)20(23)21-17-9-8-15(2)16(3)13-17/h6-11,13,19H,4-5,12H2,1-3H3,(H,21,23). The normalized spacial score (nSPS) is 18.0. The highest BCUT2D eigenvalue weighted by atomic mass is 32.2. The molecule has 3 rings (SSSR count). The first-order valence-corrected chi connectivity index (χ1v) is 10.2. The van der Waals surface area contributed by atoms with Crippen molar-refractivity contribution in [3.63, 3.8) is 0 Å². The fraction of sp³-hybridized carbons (Fsp3) is 0.350. The summed E-state index contributed by atoms with van der Waals surface area (Å²) in [6.45, 7) is 6.26. The van der Waals surface area contributed by atoms with E-state index in [2.05, 4.69) is 5.32 Å². The molecule has 2 aromatic rings. The van der Waals surface area contributed by atoms with Gasteiger partial charge in [0.25, 0.3) is 0 Å². The van der Waals surface area contributed by atoms with E-state index in [9.17, 15) is 13.2 Å². The summed E-state index contributed by atoms with van der Waals surface area (Å²) >= 11 is 0. The van der Waals surface area contributed by atoms with E-state index >= 15 is 0 Å². The summed E-state index contributed by atoms with van der Waals surface area (Å²) in [7, 11) is -3.68. The number of amides is 1. The van der Waals surface area contributed by atoms with E-state index in [1.54, 1.807) is 24.3 Å². The van der Waals surface area contributed by atoms with Gasteiger partial charge in [0.2, 0.25) is 15.9 Å². The Hall–Kier alpha value is -2.18. The highest BCUT2D eigenvalue weighted by Gasteiger charge is 2.39. The first-order valence-electron chi connectivity index (χ1n) is 8.75. The number of anilines is 1. The Bertz CT molecular complexity index is 921. The second-order valence-electron chi connectivity index (χ2n) is 6.88. The van der Waals surface area contributed by atoms with E-state index < -0.39 is 16.1 Å². The highest BCUT2D eigenvalue weighted by Crippen LogP contribution is 2.27. The average Bonchev–Trinajstić information content (AvgIpc) is 3.09. The van der Waals surface area contributed by atoms with E-state index in [-0.39, 0.29) is 10.8 Å². The molecule has 2 aromatic carbocycles. The second kappa shape index (κ2) is 7.21. The predicted molar refractivity (Wildman–Crippen MR) is 103 cm³/mol. The van der Waals surface area contributed by atoms with Crippen LogP contribution in [0.2, 0.25) is 0 Å². The molecule has 0 bridgehead atoms. The van der Waals surface area contributed by atoms with Crippen molar-refractivity contribution in [2.75, 3.05) is 11.9 Å². The smallest absolute Gasteiger partial charge is 0.243 e. The summed E-state index contributed by atoms with van der Waals surface area (Å²) in [6, 6.07) is 11.8. The summed E-state index contributed by atoms with van der Waals surface area (Å²) in [6.07, 6.45) is 1.21. The molecule has 138 valence electrons. The number of aryl methyl sites for hydroxylation is 3. The van der Waals surface area contributed by atoms with Gasteiger partial charge in [-0.15, -0.1) is 0 Å². The fourth-order valence-electron chi connectivity index (χ4n) is 3.18. The maximum Gasteiger partial charge on any atom is 0.243 e. The van der Waals surface area contributed by atoms with Gasteiger partial charge in [0, 0.05) is 12.2 Å². The minimum atomic E-state index is -3.68. The summed E-state index contributed by atoms with van der Waals surface area (Å²) in [5, 5.41) is 2.87. The van der Waals surface area contributed by atoms with E-state index in [1.165, 1.54) is 4.31 Å². The van der Waals surface area contributed by atoms with Crippen molar-refractivity contribution < 1.29 is 13.2 Å². The summed E-state index contributed by atoms with van der Waals surface area (Å²) in [5.74, 6) is -0.276. The SMILES string of the molecule is Cc1ccc(S(=O)(=O)N2CCCC2C(=O)Nc2ccc(C)c(C)c2)cc1. The van der Waals surface area contributed by atoms with Crippen LogP contribution in [-0.2, 0) is 14.8 Å². The van der Waals surface area contributed by atoms with Gasteiger partial charge < -0.3 is 5.32 Å². The Morgan fingerprint density at radius 2 is 1.73 bits per heavy atom. The monoisotopic (exact) mass is 372 g/mol. The number of rotatable bonds is 4. The van der Waals surface area contributed by atoms with Crippen molar-refractivity contribution in [3.05, 3.63) is 59.2 Å². The molecule has 1 N–H and O–H groups in total. The summed E-state index contributed by atoms with van der Waals surface area (Å²) < 4.78 is 27.2. The average molecular weight is 372 g/mol. The van der Waals surface area contributed by atoms with E-state index in [0.29, 0.717) is 25.1 Å². The molecule has 5 nitrogen and oxygen atoms in total. The minimum absolute atomic E-state index is 0.231. The number of carbonyl (C=O) groups excluding carboxylic acids is 1. The van der Waals surface area contributed by atoms with Crippen LogP contribution in [0.1, 0.15) is 29.5 Å². The topological polar surface area (TPSA) is 66.5 Å². The largest absolute Gasteiger partial charge is 0.325 e. The van der Waals surface area contributed by atoms with Crippen LogP contribution < -0.4 is 5.32 Å². The number of hydrogen-bond donors (Lipinski definition) is 1. The molecule has 0 saturated carbocycles. The Kier molecular flexibility index (Phi) is 5.16. The van der Waals surface area contributed by atoms with Crippen molar-refractivity contribution in [1.29, 1.82) is 0 Å². The molecule has 0 spiro atoms. The highest BCUT2D eigenvalue weighted by molar-refractivity contribution is 7.89. The first-order chi connectivity index (χ1) is 12.3. The zero-order valence-electron chi connectivity index (χ0n) is 15.3. The van der Waals surface area contributed by atoms with Gasteiger partial charge in [-0.05, 0) is 69.0 Å². The predicted octanol–water partition coefficient (Wildman–Crippen LogP) is 3.40. The summed E-state index contributed by atoms with van der Waals surface area (Å²) in [5.41, 5.74) is 3.91. The van der Waals surface area contributed by atoms with Crippen molar-refractivity contribution in [2.45, 2.75) is 44.6 Å². The molecule has 1 aliphatic heterocycles. The lowest BCUT2D eigenvalue weighted by Gasteiger charge is -2.23. The number of sulfonamides is 1. The lowest BCUT2D eigenvalue weighted by molar-refractivity contribution is -0.119. The number of benzene rings is 2. The molecular formula is C20H24N2O3S. The molecule has 1 fully saturated rings. The lowest BCUT2D eigenvalue weighted by Crippen LogP contribution is -2.43. The molecule has 1 amide bonds. The quantitative estimate of drug-likeness (QED) is 0.894. The van der Waals surface area contributed by atoms with Crippen LogP contribution in [0.5, 0.6) is 0 Å². The maximum absolute atomic E-state index is 13.0. The van der Waals surface area contributed by atoms with Crippen LogP contribution in [0.4, 0.5) is 5.69 Å². The fourth-order valence-corrected chi connectivity index (χ4v) is 4.84. The third kappa shape index (κ3) is 3.66. The molecule has 0 aromatic heterocycles. The van der Waals surface area contributed by atoms with Gasteiger partial charge in [0.15, 0.2) is 0 Å². The van der Waals surface area contributed by atoms with E-state index in [0.717, 1.165) is 16.7 Å². The number of nitrogens with zero attached hydrogens (tertiary/aromatic N) is 1. The molecule has 6 heteroatoms. The van der Waals surface area contributed by atoms with Gasteiger partial charge in [-0.3, -0.25) is 4.79 Å². The number of carbonyl (C=O) groups is 1. The van der Waals surface area contributed by atoms with Gasteiger partial charge >= 0.3 is 0 Å². The third-order valence-electron chi connectivity index (χ3n) is 4.91. The van der Waals surface area contributed by atoms with E-state index in [4.69, 9.17) is 0 Å². The minimum Gasteiger partial charge on any atom is -0.325 e. The van der Waals surface area contributed by atoms with Gasteiger partial charge in [0.1, 0.15) is 6.04 Å². The Morgan fingerprint density at radius 1 is 1.04 bits per heavy atom. The van der Waals surface area contributed by atoms with Gasteiger partial charge in [-0.1, -0.05) is 23.8 Å². The van der Waals surface area contributed by atoms with Crippen LogP contribution in [0.25, 0.3) is 0 Å². The first kappa shape index (κ1) is 18.6. The Balaban J connectivity index is 1.81.